The molecule has 2 rings (SSSR count). The molecule has 0 N–H and O–H groups in total. The number of hydrogen-bond donors (Lipinski definition) is 0. The molecule has 1 fully saturated rings. The zero-order chi connectivity index (χ0) is 12.5. The van der Waals surface area contributed by atoms with Gasteiger partial charge in [-0.3, -0.25) is 0 Å². The molecule has 3 nitrogen and oxygen atoms in total. The Morgan fingerprint density at radius 3 is 2.82 bits per heavy atom. The molecule has 0 aromatic carbocycles. The van der Waals surface area contributed by atoms with Crippen molar-refractivity contribution in [1.29, 1.82) is 0 Å². The molecule has 0 radical (unpaired) electrons. The van der Waals surface area contributed by atoms with Crippen LogP contribution >= 0.6 is 11.3 Å². The number of aromatic nitrogens is 1. The predicted molar refractivity (Wildman–Crippen MR) is 59.5 cm³/mol. The third kappa shape index (κ3) is 3.32. The maximum atomic E-state index is 12.5. The summed E-state index contributed by atoms with van der Waals surface area (Å²) in [5.74, 6) is 0. The Morgan fingerprint density at radius 2 is 2.35 bits per heavy atom. The van der Waals surface area contributed by atoms with Crippen LogP contribution in [0.3, 0.4) is 0 Å². The van der Waals surface area contributed by atoms with Crippen LogP contribution in [0.4, 0.5) is 18.3 Å². The van der Waals surface area contributed by atoms with Gasteiger partial charge in [0.1, 0.15) is 6.54 Å². The molecule has 96 valence electrons. The van der Waals surface area contributed by atoms with Crippen molar-refractivity contribution in [3.8, 4) is 0 Å². The Morgan fingerprint density at radius 1 is 1.59 bits per heavy atom. The standard InChI is InChI=1S/C10H13F3N2OS/c1-7-5-17-9(14-7)15(6-10(11,12)13)8-2-3-16-4-8/h5,8H,2-4,6H2,1H3. The lowest BCUT2D eigenvalue weighted by Crippen LogP contribution is -2.42. The lowest BCUT2D eigenvalue weighted by Gasteiger charge is -2.28. The van der Waals surface area contributed by atoms with E-state index in [-0.39, 0.29) is 6.04 Å². The summed E-state index contributed by atoms with van der Waals surface area (Å²) in [4.78, 5) is 5.44. The highest BCUT2D eigenvalue weighted by molar-refractivity contribution is 7.13. The summed E-state index contributed by atoms with van der Waals surface area (Å²) in [5, 5.41) is 2.18. The fraction of sp³-hybridized carbons (Fsp3) is 0.700. The fourth-order valence-electron chi connectivity index (χ4n) is 1.79. The van der Waals surface area contributed by atoms with Crippen molar-refractivity contribution in [3.63, 3.8) is 0 Å². The van der Waals surface area contributed by atoms with E-state index in [1.165, 1.54) is 16.2 Å². The van der Waals surface area contributed by atoms with E-state index in [4.69, 9.17) is 4.74 Å². The van der Waals surface area contributed by atoms with E-state index in [1.54, 1.807) is 12.3 Å². The lowest BCUT2D eigenvalue weighted by atomic mass is 10.2. The Hall–Kier alpha value is -0.820. The van der Waals surface area contributed by atoms with Crippen LogP contribution in [0.2, 0.25) is 0 Å². The number of rotatable bonds is 3. The summed E-state index contributed by atoms with van der Waals surface area (Å²) in [5.41, 5.74) is 0.746. The van der Waals surface area contributed by atoms with Gasteiger partial charge in [0, 0.05) is 12.0 Å². The summed E-state index contributed by atoms with van der Waals surface area (Å²) >= 11 is 1.24. The third-order valence-corrected chi connectivity index (χ3v) is 3.54. The fourth-order valence-corrected chi connectivity index (χ4v) is 2.66. The number of halogens is 3. The van der Waals surface area contributed by atoms with Crippen LogP contribution in [0.15, 0.2) is 5.38 Å². The lowest BCUT2D eigenvalue weighted by molar-refractivity contribution is -0.120. The molecule has 0 spiro atoms. The first-order valence-electron chi connectivity index (χ1n) is 5.29. The highest BCUT2D eigenvalue weighted by atomic mass is 32.1. The van der Waals surface area contributed by atoms with Gasteiger partial charge in [-0.1, -0.05) is 0 Å². The summed E-state index contributed by atoms with van der Waals surface area (Å²) in [6.07, 6.45) is -3.60. The number of ether oxygens (including phenoxy) is 1. The van der Waals surface area contributed by atoms with Crippen molar-refractivity contribution in [1.82, 2.24) is 4.98 Å². The van der Waals surface area contributed by atoms with Gasteiger partial charge in [-0.2, -0.15) is 13.2 Å². The zero-order valence-electron chi connectivity index (χ0n) is 9.33. The van der Waals surface area contributed by atoms with Crippen molar-refractivity contribution in [2.75, 3.05) is 24.7 Å². The maximum absolute atomic E-state index is 12.5. The first-order valence-corrected chi connectivity index (χ1v) is 6.17. The third-order valence-electron chi connectivity index (χ3n) is 2.55. The monoisotopic (exact) mass is 266 g/mol. The average Bonchev–Trinajstić information content (AvgIpc) is 2.83. The highest BCUT2D eigenvalue weighted by Crippen LogP contribution is 2.29. The van der Waals surface area contributed by atoms with Crippen molar-refractivity contribution in [2.24, 2.45) is 0 Å². The van der Waals surface area contributed by atoms with Crippen LogP contribution in [0, 0.1) is 6.92 Å². The summed E-state index contributed by atoms with van der Waals surface area (Å²) < 4.78 is 42.8. The molecule has 1 aromatic rings. The maximum Gasteiger partial charge on any atom is 0.406 e. The molecule has 1 unspecified atom stereocenters. The second kappa shape index (κ2) is 4.81. The van der Waals surface area contributed by atoms with E-state index in [0.717, 1.165) is 5.69 Å². The summed E-state index contributed by atoms with van der Waals surface area (Å²) in [6.45, 7) is 1.67. The molecule has 17 heavy (non-hydrogen) atoms. The van der Waals surface area contributed by atoms with Crippen molar-refractivity contribution in [2.45, 2.75) is 25.6 Å². The van der Waals surface area contributed by atoms with E-state index < -0.39 is 12.7 Å². The number of aryl methyl sites for hydroxylation is 1. The van der Waals surface area contributed by atoms with Gasteiger partial charge in [-0.15, -0.1) is 11.3 Å². The molecule has 0 amide bonds. The molecule has 1 aromatic heterocycles. The molecule has 1 atom stereocenters. The van der Waals surface area contributed by atoms with Gasteiger partial charge in [0.25, 0.3) is 0 Å². The quantitative estimate of drug-likeness (QED) is 0.841. The number of anilines is 1. The summed E-state index contributed by atoms with van der Waals surface area (Å²) in [7, 11) is 0. The zero-order valence-corrected chi connectivity index (χ0v) is 10.1. The van der Waals surface area contributed by atoms with Gasteiger partial charge < -0.3 is 9.64 Å². The summed E-state index contributed by atoms with van der Waals surface area (Å²) in [6, 6.07) is -0.220. The van der Waals surface area contributed by atoms with E-state index >= 15 is 0 Å². The Balaban J connectivity index is 2.17. The molecule has 0 bridgehead atoms. The minimum absolute atomic E-state index is 0.220. The molecular weight excluding hydrogens is 253 g/mol. The molecule has 1 aliphatic rings. The van der Waals surface area contributed by atoms with Gasteiger partial charge in [0.05, 0.1) is 18.3 Å². The highest BCUT2D eigenvalue weighted by Gasteiger charge is 2.36. The number of thiazole rings is 1. The minimum atomic E-state index is -4.22. The van der Waals surface area contributed by atoms with Gasteiger partial charge >= 0.3 is 6.18 Å². The van der Waals surface area contributed by atoms with Gasteiger partial charge in [0.2, 0.25) is 0 Å². The van der Waals surface area contributed by atoms with Crippen LogP contribution < -0.4 is 4.90 Å². The first kappa shape index (κ1) is 12.6. The SMILES string of the molecule is Cc1csc(N(CC(F)(F)F)C2CCOC2)n1. The van der Waals surface area contributed by atoms with Crippen LogP contribution in [-0.4, -0.2) is 37.0 Å². The van der Waals surface area contributed by atoms with Crippen LogP contribution in [0.1, 0.15) is 12.1 Å². The molecule has 0 saturated carbocycles. The van der Waals surface area contributed by atoms with Crippen molar-refractivity contribution in [3.05, 3.63) is 11.1 Å². The molecular formula is C10H13F3N2OS. The van der Waals surface area contributed by atoms with Crippen molar-refractivity contribution >= 4 is 16.5 Å². The number of nitrogens with zero attached hydrogens (tertiary/aromatic N) is 2. The first-order chi connectivity index (χ1) is 7.96. The van der Waals surface area contributed by atoms with E-state index in [2.05, 4.69) is 4.98 Å². The second-order valence-electron chi connectivity index (χ2n) is 4.03. The topological polar surface area (TPSA) is 25.4 Å². The largest absolute Gasteiger partial charge is 0.406 e. The molecule has 2 heterocycles. The van der Waals surface area contributed by atoms with Crippen LogP contribution in [0.5, 0.6) is 0 Å². The van der Waals surface area contributed by atoms with Crippen LogP contribution in [0.25, 0.3) is 0 Å². The van der Waals surface area contributed by atoms with Crippen molar-refractivity contribution < 1.29 is 17.9 Å². The van der Waals surface area contributed by atoms with E-state index in [9.17, 15) is 13.2 Å². The molecule has 1 saturated heterocycles. The molecule has 0 aliphatic carbocycles. The Bertz CT molecular complexity index is 374. The average molecular weight is 266 g/mol. The van der Waals surface area contributed by atoms with Gasteiger partial charge in [-0.05, 0) is 13.3 Å². The normalized spacial score (nSPS) is 20.8. The smallest absolute Gasteiger partial charge is 0.379 e. The van der Waals surface area contributed by atoms with Crippen LogP contribution in [-0.2, 0) is 4.74 Å². The van der Waals surface area contributed by atoms with Gasteiger partial charge in [0.15, 0.2) is 5.13 Å². The van der Waals surface area contributed by atoms with Gasteiger partial charge in [-0.25, -0.2) is 4.98 Å². The Labute approximate surface area is 101 Å². The van der Waals surface area contributed by atoms with E-state index in [0.29, 0.717) is 24.8 Å². The number of hydrogen-bond acceptors (Lipinski definition) is 4. The minimum Gasteiger partial charge on any atom is -0.379 e. The number of alkyl halides is 3. The Kier molecular flexibility index (Phi) is 3.58. The molecule has 7 heteroatoms. The second-order valence-corrected chi connectivity index (χ2v) is 4.87. The predicted octanol–water partition coefficient (Wildman–Crippen LogP) is 2.61. The van der Waals surface area contributed by atoms with E-state index in [1.807, 2.05) is 0 Å². The molecule has 1 aliphatic heterocycles.